The van der Waals surface area contributed by atoms with Crippen molar-refractivity contribution in [2.24, 2.45) is 12.8 Å². The molecule has 1 aliphatic rings. The van der Waals surface area contributed by atoms with E-state index in [4.69, 9.17) is 10.8 Å². The molecule has 0 amide bonds. The molecule has 102 valence electrons. The minimum Gasteiger partial charge on any atom is -0.396 e. The highest BCUT2D eigenvalue weighted by Gasteiger charge is 2.30. The van der Waals surface area contributed by atoms with Crippen molar-refractivity contribution >= 4 is 0 Å². The lowest BCUT2D eigenvalue weighted by Crippen LogP contribution is -2.37. The van der Waals surface area contributed by atoms with Gasteiger partial charge in [-0.25, -0.2) is 0 Å². The van der Waals surface area contributed by atoms with Gasteiger partial charge in [-0.3, -0.25) is 9.58 Å². The summed E-state index contributed by atoms with van der Waals surface area (Å²) in [6, 6.07) is 0.829. The van der Waals surface area contributed by atoms with E-state index in [2.05, 4.69) is 16.2 Å². The van der Waals surface area contributed by atoms with E-state index >= 15 is 0 Å². The minimum atomic E-state index is 0.268. The zero-order valence-electron chi connectivity index (χ0n) is 11.1. The molecule has 2 heterocycles. The highest BCUT2D eigenvalue weighted by molar-refractivity contribution is 5.12. The van der Waals surface area contributed by atoms with Crippen LogP contribution in [0.15, 0.2) is 12.4 Å². The summed E-state index contributed by atoms with van der Waals surface area (Å²) in [5.74, 6) is 0. The molecule has 2 atom stereocenters. The number of aliphatic hydroxyl groups is 1. The number of nitrogens with zero attached hydrogens (tertiary/aromatic N) is 3. The molecular formula is C13H24N4O. The number of aromatic nitrogens is 2. The topological polar surface area (TPSA) is 67.3 Å². The standard InChI is InChI=1S/C13H24N4O/c1-16-10-11(9-15-16)13(8-14)17-6-2-4-12(17)5-3-7-18/h9-10,12-13,18H,2-8,14H2,1H3. The van der Waals surface area contributed by atoms with Crippen LogP contribution >= 0.6 is 0 Å². The Labute approximate surface area is 109 Å². The van der Waals surface area contributed by atoms with E-state index in [1.807, 2.05) is 17.9 Å². The first-order valence-corrected chi connectivity index (χ1v) is 6.81. The van der Waals surface area contributed by atoms with Gasteiger partial charge in [0.1, 0.15) is 0 Å². The van der Waals surface area contributed by atoms with Crippen LogP contribution in [0.5, 0.6) is 0 Å². The molecule has 0 aliphatic carbocycles. The summed E-state index contributed by atoms with van der Waals surface area (Å²) in [6.45, 7) is 2.01. The Bertz CT molecular complexity index is 366. The average Bonchev–Trinajstić information content (AvgIpc) is 2.98. The Morgan fingerprint density at radius 2 is 2.44 bits per heavy atom. The van der Waals surface area contributed by atoms with Crippen LogP contribution in [0.4, 0.5) is 0 Å². The predicted octanol–water partition coefficient (Wildman–Crippen LogP) is 0.657. The summed E-state index contributed by atoms with van der Waals surface area (Å²) in [6.07, 6.45) is 8.36. The Kier molecular flexibility index (Phi) is 4.74. The van der Waals surface area contributed by atoms with Gasteiger partial charge in [-0.1, -0.05) is 0 Å². The largest absolute Gasteiger partial charge is 0.396 e. The maximum atomic E-state index is 8.97. The second-order valence-electron chi connectivity index (χ2n) is 5.10. The van der Waals surface area contributed by atoms with Crippen molar-refractivity contribution in [3.8, 4) is 0 Å². The number of hydrogen-bond donors (Lipinski definition) is 2. The van der Waals surface area contributed by atoms with Gasteiger partial charge in [0.05, 0.1) is 12.2 Å². The van der Waals surface area contributed by atoms with Gasteiger partial charge < -0.3 is 10.8 Å². The fourth-order valence-corrected chi connectivity index (χ4v) is 2.98. The normalized spacial score (nSPS) is 22.5. The van der Waals surface area contributed by atoms with Crippen molar-refractivity contribution in [1.29, 1.82) is 0 Å². The summed E-state index contributed by atoms with van der Waals surface area (Å²) in [7, 11) is 1.93. The van der Waals surface area contributed by atoms with E-state index in [1.165, 1.54) is 18.4 Å². The minimum absolute atomic E-state index is 0.268. The second-order valence-corrected chi connectivity index (χ2v) is 5.10. The first-order chi connectivity index (χ1) is 8.76. The van der Waals surface area contributed by atoms with Crippen molar-refractivity contribution in [2.75, 3.05) is 19.7 Å². The molecule has 5 heteroatoms. The van der Waals surface area contributed by atoms with Crippen LogP contribution in [0.25, 0.3) is 0 Å². The van der Waals surface area contributed by atoms with Gasteiger partial charge in [0.25, 0.3) is 0 Å². The molecular weight excluding hydrogens is 228 g/mol. The van der Waals surface area contributed by atoms with Gasteiger partial charge in [0.2, 0.25) is 0 Å². The lowest BCUT2D eigenvalue weighted by atomic mass is 10.1. The Hall–Kier alpha value is -0.910. The molecule has 1 saturated heterocycles. The Morgan fingerprint density at radius 3 is 3.06 bits per heavy atom. The van der Waals surface area contributed by atoms with Crippen molar-refractivity contribution < 1.29 is 5.11 Å². The van der Waals surface area contributed by atoms with E-state index in [-0.39, 0.29) is 12.6 Å². The molecule has 1 fully saturated rings. The molecule has 1 aromatic rings. The monoisotopic (exact) mass is 252 g/mol. The van der Waals surface area contributed by atoms with Gasteiger partial charge in [0.15, 0.2) is 0 Å². The zero-order valence-corrected chi connectivity index (χ0v) is 11.1. The van der Waals surface area contributed by atoms with Crippen LogP contribution in [0, 0.1) is 0 Å². The molecule has 0 spiro atoms. The molecule has 0 radical (unpaired) electrons. The average molecular weight is 252 g/mol. The number of hydrogen-bond acceptors (Lipinski definition) is 4. The van der Waals surface area contributed by atoms with E-state index in [0.717, 1.165) is 19.4 Å². The molecule has 18 heavy (non-hydrogen) atoms. The first kappa shape index (κ1) is 13.5. The van der Waals surface area contributed by atoms with Crippen molar-refractivity contribution in [3.63, 3.8) is 0 Å². The first-order valence-electron chi connectivity index (χ1n) is 6.81. The molecule has 2 unspecified atom stereocenters. The van der Waals surface area contributed by atoms with Gasteiger partial charge >= 0.3 is 0 Å². The fraction of sp³-hybridized carbons (Fsp3) is 0.769. The van der Waals surface area contributed by atoms with Gasteiger partial charge in [-0.05, 0) is 32.2 Å². The summed E-state index contributed by atoms with van der Waals surface area (Å²) < 4.78 is 1.83. The molecule has 0 aromatic carbocycles. The predicted molar refractivity (Wildman–Crippen MR) is 71.1 cm³/mol. The van der Waals surface area contributed by atoms with Crippen LogP contribution in [0.2, 0.25) is 0 Å². The number of aryl methyl sites for hydroxylation is 1. The van der Waals surface area contributed by atoms with Crippen molar-refractivity contribution in [1.82, 2.24) is 14.7 Å². The third-order valence-corrected chi connectivity index (χ3v) is 3.85. The Balaban J connectivity index is 2.06. The summed E-state index contributed by atoms with van der Waals surface area (Å²) >= 11 is 0. The summed E-state index contributed by atoms with van der Waals surface area (Å²) in [4.78, 5) is 2.49. The van der Waals surface area contributed by atoms with Crippen molar-refractivity contribution in [2.45, 2.75) is 37.8 Å². The van der Waals surface area contributed by atoms with Crippen LogP contribution in [-0.2, 0) is 7.05 Å². The van der Waals surface area contributed by atoms with Crippen LogP contribution in [0.1, 0.15) is 37.3 Å². The number of rotatable bonds is 6. The summed E-state index contributed by atoms with van der Waals surface area (Å²) in [5, 5.41) is 13.2. The lowest BCUT2D eigenvalue weighted by molar-refractivity contribution is 0.165. The summed E-state index contributed by atoms with van der Waals surface area (Å²) in [5.41, 5.74) is 7.16. The molecule has 1 aromatic heterocycles. The molecule has 0 bridgehead atoms. The molecule has 0 saturated carbocycles. The number of aliphatic hydroxyl groups excluding tert-OH is 1. The van der Waals surface area contributed by atoms with Gasteiger partial charge in [-0.15, -0.1) is 0 Å². The quantitative estimate of drug-likeness (QED) is 0.780. The molecule has 5 nitrogen and oxygen atoms in total. The lowest BCUT2D eigenvalue weighted by Gasteiger charge is -2.31. The van der Waals surface area contributed by atoms with Gasteiger partial charge in [-0.2, -0.15) is 5.10 Å². The molecule has 1 aliphatic heterocycles. The third-order valence-electron chi connectivity index (χ3n) is 3.85. The maximum Gasteiger partial charge on any atom is 0.0538 e. The number of nitrogens with two attached hydrogens (primary N) is 1. The smallest absolute Gasteiger partial charge is 0.0538 e. The van der Waals surface area contributed by atoms with E-state index in [0.29, 0.717) is 12.6 Å². The van der Waals surface area contributed by atoms with Crippen LogP contribution in [-0.4, -0.2) is 45.5 Å². The van der Waals surface area contributed by atoms with E-state index in [1.54, 1.807) is 0 Å². The maximum absolute atomic E-state index is 8.97. The highest BCUT2D eigenvalue weighted by atomic mass is 16.2. The highest BCUT2D eigenvalue weighted by Crippen LogP contribution is 2.30. The fourth-order valence-electron chi connectivity index (χ4n) is 2.98. The SMILES string of the molecule is Cn1cc(C(CN)N2CCCC2CCCO)cn1. The second kappa shape index (κ2) is 6.31. The van der Waals surface area contributed by atoms with Crippen molar-refractivity contribution in [3.05, 3.63) is 18.0 Å². The van der Waals surface area contributed by atoms with Gasteiger partial charge in [0, 0.05) is 38.0 Å². The Morgan fingerprint density at radius 1 is 1.61 bits per heavy atom. The molecule has 3 N–H and O–H groups in total. The van der Waals surface area contributed by atoms with Crippen LogP contribution < -0.4 is 5.73 Å². The molecule has 2 rings (SSSR count). The third kappa shape index (κ3) is 2.91. The zero-order chi connectivity index (χ0) is 13.0. The van der Waals surface area contributed by atoms with E-state index in [9.17, 15) is 0 Å². The van der Waals surface area contributed by atoms with Crippen LogP contribution in [0.3, 0.4) is 0 Å². The van der Waals surface area contributed by atoms with E-state index < -0.39 is 0 Å². The number of likely N-dealkylation sites (tertiary alicyclic amines) is 1.